The first-order valence-electron chi connectivity index (χ1n) is 11.3. The van der Waals surface area contributed by atoms with Gasteiger partial charge in [0.2, 0.25) is 15.9 Å². The van der Waals surface area contributed by atoms with Crippen LogP contribution in [0.3, 0.4) is 0 Å². The van der Waals surface area contributed by atoms with Crippen LogP contribution in [0.15, 0.2) is 30.5 Å². The van der Waals surface area contributed by atoms with Crippen LogP contribution < -0.4 is 11.1 Å². The minimum Gasteiger partial charge on any atom is -0.477 e. The predicted molar refractivity (Wildman–Crippen MR) is 143 cm³/mol. The molecule has 2 aromatic rings. The monoisotopic (exact) mass is 579 g/mol. The Morgan fingerprint density at radius 1 is 1.25 bits per heavy atom. The summed E-state index contributed by atoms with van der Waals surface area (Å²) in [5.74, 6) is -1.21. The Labute approximate surface area is 225 Å². The maximum atomic E-state index is 12.7. The average Bonchev–Trinajstić information content (AvgIpc) is 3.26. The molecule has 36 heavy (non-hydrogen) atoms. The van der Waals surface area contributed by atoms with Crippen molar-refractivity contribution in [3.05, 3.63) is 44.7 Å². The van der Waals surface area contributed by atoms with E-state index in [-0.39, 0.29) is 29.8 Å². The first-order valence-corrected chi connectivity index (χ1v) is 14.4. The lowest BCUT2D eigenvalue weighted by atomic mass is 10.0. The summed E-state index contributed by atoms with van der Waals surface area (Å²) in [7, 11) is -3.62. The van der Waals surface area contributed by atoms with Gasteiger partial charge in [-0.1, -0.05) is 23.2 Å². The Balaban J connectivity index is 0.000000425. The van der Waals surface area contributed by atoms with Crippen molar-refractivity contribution < 1.29 is 23.1 Å². The van der Waals surface area contributed by atoms with E-state index in [1.54, 1.807) is 18.2 Å². The summed E-state index contributed by atoms with van der Waals surface area (Å²) >= 11 is 12.3. The second-order valence-electron chi connectivity index (χ2n) is 8.33. The van der Waals surface area contributed by atoms with Crippen molar-refractivity contribution in [2.45, 2.75) is 38.8 Å². The summed E-state index contributed by atoms with van der Waals surface area (Å²) in [6.45, 7) is 5.61. The molecule has 0 aromatic carbocycles. The van der Waals surface area contributed by atoms with Crippen molar-refractivity contribution in [2.24, 2.45) is 5.73 Å². The molecule has 1 amide bonds. The van der Waals surface area contributed by atoms with E-state index in [9.17, 15) is 18.0 Å². The molecule has 1 fully saturated rings. The van der Waals surface area contributed by atoms with E-state index in [2.05, 4.69) is 29.0 Å². The molecule has 0 atom stereocenters. The van der Waals surface area contributed by atoms with E-state index in [4.69, 9.17) is 34.0 Å². The normalized spacial score (nSPS) is 15.0. The summed E-state index contributed by atoms with van der Waals surface area (Å²) < 4.78 is 27.2. The zero-order valence-corrected chi connectivity index (χ0v) is 23.2. The van der Waals surface area contributed by atoms with Crippen LogP contribution in [-0.4, -0.2) is 83.6 Å². The lowest BCUT2D eigenvalue weighted by molar-refractivity contribution is -0.116. The van der Waals surface area contributed by atoms with Gasteiger partial charge in [-0.3, -0.25) is 4.79 Å². The summed E-state index contributed by atoms with van der Waals surface area (Å²) in [6, 6.07) is 6.43. The highest BCUT2D eigenvalue weighted by Crippen LogP contribution is 2.22. The largest absolute Gasteiger partial charge is 0.477 e. The lowest BCUT2D eigenvalue weighted by Crippen LogP contribution is -2.51. The summed E-state index contributed by atoms with van der Waals surface area (Å²) in [5, 5.41) is 11.4. The van der Waals surface area contributed by atoms with Crippen LogP contribution in [0.4, 0.5) is 5.82 Å². The fourth-order valence-electron chi connectivity index (χ4n) is 3.61. The number of aromatic nitrogens is 1. The van der Waals surface area contributed by atoms with Crippen LogP contribution in [0.5, 0.6) is 0 Å². The number of thiophene rings is 1. The number of carboxylic acids is 1. The number of amides is 1. The number of rotatable bonds is 9. The lowest BCUT2D eigenvalue weighted by Gasteiger charge is -2.39. The standard InChI is InChI=1S/C17H28ClN5O3S.C5H3ClO2S/c1-13(2)22-8-5-15(6-9-22)23(27(25,26)10-7-19)12-17(24)21-16-4-3-14(18)11-20-16;6-4-2-1-3(9-4)5(7)8/h3-4,11,13,15H,5-10,12,19H2,1-2H3,(H,20,21,24);1-2H,(H,7,8). The summed E-state index contributed by atoms with van der Waals surface area (Å²) in [4.78, 5) is 29.2. The second-order valence-corrected chi connectivity index (χ2v) is 12.5. The van der Waals surface area contributed by atoms with Gasteiger partial charge >= 0.3 is 5.97 Å². The van der Waals surface area contributed by atoms with Crippen LogP contribution in [0, 0.1) is 0 Å². The molecule has 0 radical (unpaired) electrons. The molecule has 0 spiro atoms. The Morgan fingerprint density at radius 2 is 1.92 bits per heavy atom. The summed E-state index contributed by atoms with van der Waals surface area (Å²) in [6.07, 6.45) is 2.80. The van der Waals surface area contributed by atoms with Crippen molar-refractivity contribution in [3.8, 4) is 0 Å². The van der Waals surface area contributed by atoms with Gasteiger partial charge in [0.1, 0.15) is 10.7 Å². The highest BCUT2D eigenvalue weighted by molar-refractivity contribution is 7.89. The number of aromatic carboxylic acids is 1. The van der Waals surface area contributed by atoms with Gasteiger partial charge in [0, 0.05) is 24.8 Å². The van der Waals surface area contributed by atoms with Crippen molar-refractivity contribution >= 4 is 62.3 Å². The van der Waals surface area contributed by atoms with E-state index in [1.165, 1.54) is 16.6 Å². The number of carbonyl (C=O) groups is 2. The van der Waals surface area contributed by atoms with Crippen LogP contribution in [0.2, 0.25) is 9.36 Å². The van der Waals surface area contributed by atoms with Crippen LogP contribution >= 0.6 is 34.5 Å². The van der Waals surface area contributed by atoms with Crippen molar-refractivity contribution in [1.82, 2.24) is 14.2 Å². The van der Waals surface area contributed by atoms with E-state index in [0.717, 1.165) is 24.4 Å². The molecule has 1 aliphatic rings. The maximum Gasteiger partial charge on any atom is 0.345 e. The number of hydrogen-bond acceptors (Lipinski definition) is 8. The Kier molecular flexibility index (Phi) is 12.0. The quantitative estimate of drug-likeness (QED) is 0.410. The third-order valence-corrected chi connectivity index (χ3v) is 8.78. The molecular formula is C22H31Cl2N5O5S2. The van der Waals surface area contributed by atoms with Gasteiger partial charge in [0.15, 0.2) is 0 Å². The summed E-state index contributed by atoms with van der Waals surface area (Å²) in [5.41, 5.74) is 5.48. The topological polar surface area (TPSA) is 146 Å². The van der Waals surface area contributed by atoms with Gasteiger partial charge in [-0.2, -0.15) is 4.31 Å². The first-order chi connectivity index (χ1) is 16.9. The van der Waals surface area contributed by atoms with Gasteiger partial charge in [0.25, 0.3) is 0 Å². The van der Waals surface area contributed by atoms with Crippen LogP contribution in [0.1, 0.15) is 36.4 Å². The number of hydrogen-bond donors (Lipinski definition) is 3. The van der Waals surface area contributed by atoms with Crippen molar-refractivity contribution in [3.63, 3.8) is 0 Å². The van der Waals surface area contributed by atoms with Gasteiger partial charge in [-0.15, -0.1) is 11.3 Å². The molecule has 1 saturated heterocycles. The number of nitrogens with one attached hydrogen (secondary N) is 1. The minimum absolute atomic E-state index is 0.0179. The number of carboxylic acid groups (broad SMARTS) is 1. The molecule has 3 rings (SSSR count). The fourth-order valence-corrected chi connectivity index (χ4v) is 6.12. The van der Waals surface area contributed by atoms with Gasteiger partial charge in [-0.25, -0.2) is 18.2 Å². The number of nitrogens with zero attached hydrogens (tertiary/aromatic N) is 3. The molecule has 0 bridgehead atoms. The number of anilines is 1. The highest BCUT2D eigenvalue weighted by atomic mass is 35.5. The predicted octanol–water partition coefficient (Wildman–Crippen LogP) is 3.24. The Hall–Kier alpha value is -1.80. The second kappa shape index (κ2) is 14.2. The van der Waals surface area contributed by atoms with Crippen molar-refractivity contribution in [2.75, 3.05) is 37.2 Å². The van der Waals surface area contributed by atoms with Gasteiger partial charge in [-0.05, 0) is 64.0 Å². The average molecular weight is 581 g/mol. The molecule has 1 aliphatic heterocycles. The molecule has 0 unspecified atom stereocenters. The van der Waals surface area contributed by atoms with E-state index < -0.39 is 21.9 Å². The molecule has 0 aliphatic carbocycles. The number of carbonyl (C=O) groups excluding carboxylic acids is 1. The van der Waals surface area contributed by atoms with Crippen LogP contribution in [-0.2, 0) is 14.8 Å². The number of likely N-dealkylation sites (tertiary alicyclic amines) is 1. The SMILES string of the molecule is CC(C)N1CCC(N(CC(=O)Nc2ccc(Cl)cn2)S(=O)(=O)CCN)CC1.O=C(O)c1ccc(Cl)s1. The van der Waals surface area contributed by atoms with Crippen molar-refractivity contribution in [1.29, 1.82) is 0 Å². The van der Waals surface area contributed by atoms with Gasteiger partial charge < -0.3 is 21.1 Å². The number of nitrogens with two attached hydrogens (primary N) is 1. The number of pyridine rings is 1. The first kappa shape index (κ1) is 30.4. The molecular weight excluding hydrogens is 549 g/mol. The zero-order valence-electron chi connectivity index (χ0n) is 20.1. The fraction of sp³-hybridized carbons (Fsp3) is 0.500. The van der Waals surface area contributed by atoms with E-state index in [0.29, 0.717) is 34.1 Å². The smallest absolute Gasteiger partial charge is 0.345 e. The molecule has 4 N–H and O–H groups in total. The number of piperidine rings is 1. The van der Waals surface area contributed by atoms with Gasteiger partial charge in [0.05, 0.1) is 21.7 Å². The number of sulfonamides is 1. The third kappa shape index (κ3) is 9.58. The van der Waals surface area contributed by atoms with E-state index in [1.807, 2.05) is 0 Å². The highest BCUT2D eigenvalue weighted by Gasteiger charge is 2.34. The molecule has 10 nitrogen and oxygen atoms in total. The minimum atomic E-state index is -3.62. The zero-order chi connectivity index (χ0) is 26.9. The molecule has 0 saturated carbocycles. The van der Waals surface area contributed by atoms with Crippen LogP contribution in [0.25, 0.3) is 0 Å². The molecule has 3 heterocycles. The molecule has 200 valence electrons. The number of halogens is 2. The Bertz CT molecular complexity index is 1100. The molecule has 14 heteroatoms. The molecule has 2 aromatic heterocycles. The maximum absolute atomic E-state index is 12.7. The Morgan fingerprint density at radius 3 is 2.36 bits per heavy atom. The third-order valence-electron chi connectivity index (χ3n) is 5.45. The van der Waals surface area contributed by atoms with E-state index >= 15 is 0 Å².